The summed E-state index contributed by atoms with van der Waals surface area (Å²) in [6, 6.07) is 9.37. The van der Waals surface area contributed by atoms with Gasteiger partial charge in [-0.3, -0.25) is 29.6 Å². The van der Waals surface area contributed by atoms with Crippen molar-refractivity contribution >= 4 is 17.7 Å². The molecule has 3 saturated heterocycles. The number of ether oxygens (including phenoxy) is 1. The monoisotopic (exact) mass is 460 g/mol. The molecule has 1 spiro atoms. The molecule has 34 heavy (non-hydrogen) atoms. The van der Waals surface area contributed by atoms with Gasteiger partial charge in [-0.1, -0.05) is 6.07 Å². The van der Waals surface area contributed by atoms with Gasteiger partial charge in [-0.15, -0.1) is 0 Å². The average Bonchev–Trinajstić information content (AvgIpc) is 3.14. The second-order valence-corrected chi connectivity index (χ2v) is 10.1. The molecule has 0 bridgehead atoms. The van der Waals surface area contributed by atoms with Gasteiger partial charge in [0.05, 0.1) is 5.69 Å². The molecule has 176 valence electrons. The smallest absolute Gasteiger partial charge is 0.255 e. The number of rotatable bonds is 4. The third kappa shape index (κ3) is 3.80. The van der Waals surface area contributed by atoms with Gasteiger partial charge in [0.1, 0.15) is 6.04 Å². The van der Waals surface area contributed by atoms with Gasteiger partial charge in [0.2, 0.25) is 11.8 Å². The Kier molecular flexibility index (Phi) is 5.22. The van der Waals surface area contributed by atoms with E-state index in [-0.39, 0.29) is 24.1 Å². The van der Waals surface area contributed by atoms with E-state index in [0.717, 1.165) is 62.5 Å². The fraction of sp³-hybridized carbons (Fsp3) is 0.462. The minimum atomic E-state index is -0.599. The zero-order valence-corrected chi connectivity index (χ0v) is 19.1. The van der Waals surface area contributed by atoms with Crippen LogP contribution >= 0.6 is 0 Å². The molecule has 3 fully saturated rings. The summed E-state index contributed by atoms with van der Waals surface area (Å²) in [4.78, 5) is 45.4. The summed E-state index contributed by atoms with van der Waals surface area (Å²) in [5, 5.41) is 2.35. The van der Waals surface area contributed by atoms with Crippen molar-refractivity contribution in [2.45, 2.75) is 44.8 Å². The molecule has 1 N–H and O–H groups in total. The Hall–Kier alpha value is -3.10. The molecule has 4 aliphatic heterocycles. The molecule has 0 radical (unpaired) electrons. The number of imide groups is 1. The summed E-state index contributed by atoms with van der Waals surface area (Å²) >= 11 is 0. The number of aromatic nitrogens is 1. The summed E-state index contributed by atoms with van der Waals surface area (Å²) in [6.07, 6.45) is 4.79. The molecule has 0 saturated carbocycles. The second-order valence-electron chi connectivity index (χ2n) is 10.1. The quantitative estimate of drug-likeness (QED) is 0.703. The molecule has 1 aromatic heterocycles. The van der Waals surface area contributed by atoms with E-state index >= 15 is 0 Å². The zero-order valence-electron chi connectivity index (χ0n) is 19.1. The lowest BCUT2D eigenvalue weighted by Gasteiger charge is -2.52. The molecular formula is C26H28N4O4. The largest absolute Gasteiger partial charge is 0.381 e. The van der Waals surface area contributed by atoms with E-state index in [1.807, 2.05) is 24.4 Å². The Bertz CT molecular complexity index is 1170. The highest BCUT2D eigenvalue weighted by molar-refractivity contribution is 6.05. The average molecular weight is 461 g/mol. The van der Waals surface area contributed by atoms with Crippen LogP contribution in [0.2, 0.25) is 0 Å². The number of carbonyl (C=O) groups excluding carboxylic acids is 3. The van der Waals surface area contributed by atoms with Gasteiger partial charge in [-0.05, 0) is 54.7 Å². The maximum Gasteiger partial charge on any atom is 0.255 e. The molecule has 3 amide bonds. The highest BCUT2D eigenvalue weighted by Crippen LogP contribution is 2.40. The molecule has 5 heterocycles. The van der Waals surface area contributed by atoms with E-state index in [1.54, 1.807) is 4.90 Å². The van der Waals surface area contributed by atoms with Crippen LogP contribution in [0.1, 0.15) is 47.2 Å². The Balaban J connectivity index is 1.16. The highest BCUT2D eigenvalue weighted by Gasteiger charge is 2.43. The molecule has 0 unspecified atom stereocenters. The number of likely N-dealkylation sites (tertiary alicyclic amines) is 1. The number of hydrogen-bond acceptors (Lipinski definition) is 6. The van der Waals surface area contributed by atoms with Gasteiger partial charge >= 0.3 is 0 Å². The molecule has 2 aromatic rings. The first-order valence-corrected chi connectivity index (χ1v) is 12.0. The summed E-state index contributed by atoms with van der Waals surface area (Å²) < 4.78 is 5.52. The highest BCUT2D eigenvalue weighted by atomic mass is 16.5. The van der Waals surface area contributed by atoms with Gasteiger partial charge in [-0.2, -0.15) is 0 Å². The fourth-order valence-corrected chi connectivity index (χ4v) is 5.86. The summed E-state index contributed by atoms with van der Waals surface area (Å²) in [7, 11) is 0. The van der Waals surface area contributed by atoms with E-state index in [1.165, 1.54) is 5.56 Å². The maximum atomic E-state index is 12.9. The number of amides is 3. The van der Waals surface area contributed by atoms with Crippen molar-refractivity contribution in [2.24, 2.45) is 5.41 Å². The SMILES string of the molecule is O=C1CC[C@H](N2Cc3cc(-c4cc(CN5CC6(CCOCC6)C5)ccn4)ccc3C2=O)C(=O)N1. The third-order valence-corrected chi connectivity index (χ3v) is 7.72. The molecule has 1 atom stereocenters. The van der Waals surface area contributed by atoms with Crippen LogP contribution in [0.15, 0.2) is 36.5 Å². The Morgan fingerprint density at radius 2 is 1.91 bits per heavy atom. The van der Waals surface area contributed by atoms with Crippen LogP contribution in [-0.2, 0) is 27.4 Å². The number of piperidine rings is 1. The van der Waals surface area contributed by atoms with Crippen LogP contribution in [0.5, 0.6) is 0 Å². The van der Waals surface area contributed by atoms with E-state index in [0.29, 0.717) is 23.9 Å². The number of carbonyl (C=O) groups is 3. The molecule has 6 rings (SSSR count). The van der Waals surface area contributed by atoms with Gasteiger partial charge in [0, 0.05) is 68.6 Å². The van der Waals surface area contributed by atoms with Crippen LogP contribution < -0.4 is 5.32 Å². The lowest BCUT2D eigenvalue weighted by Crippen LogP contribution is -2.57. The van der Waals surface area contributed by atoms with Crippen LogP contribution in [0, 0.1) is 5.41 Å². The van der Waals surface area contributed by atoms with Crippen LogP contribution in [0.4, 0.5) is 0 Å². The van der Waals surface area contributed by atoms with Crippen molar-refractivity contribution in [3.05, 3.63) is 53.2 Å². The molecular weight excluding hydrogens is 432 g/mol. The van der Waals surface area contributed by atoms with Crippen molar-refractivity contribution in [3.63, 3.8) is 0 Å². The van der Waals surface area contributed by atoms with Crippen molar-refractivity contribution in [2.75, 3.05) is 26.3 Å². The standard InChI is InChI=1S/C26H28N4O4/c31-23-4-3-22(24(32)28-23)30-14-19-12-18(1-2-20(19)25(30)33)21-11-17(5-8-27-21)13-29-15-26(16-29)6-9-34-10-7-26/h1-2,5,8,11-12,22H,3-4,6-7,9-10,13-16H2,(H,28,31,32)/t22-/m0/s1. The summed E-state index contributed by atoms with van der Waals surface area (Å²) in [5.41, 5.74) is 5.04. The predicted molar refractivity (Wildman–Crippen MR) is 123 cm³/mol. The topological polar surface area (TPSA) is 91.8 Å². The lowest BCUT2D eigenvalue weighted by molar-refractivity contribution is -0.136. The van der Waals surface area contributed by atoms with Crippen LogP contribution in [0.3, 0.4) is 0 Å². The molecule has 8 heteroatoms. The number of nitrogens with zero attached hydrogens (tertiary/aromatic N) is 3. The van der Waals surface area contributed by atoms with Crippen LogP contribution in [0.25, 0.3) is 11.3 Å². The number of nitrogens with one attached hydrogen (secondary N) is 1. The summed E-state index contributed by atoms with van der Waals surface area (Å²) in [5.74, 6) is -0.821. The number of pyridine rings is 1. The van der Waals surface area contributed by atoms with E-state index in [2.05, 4.69) is 27.3 Å². The van der Waals surface area contributed by atoms with E-state index in [4.69, 9.17) is 4.74 Å². The molecule has 0 aliphatic carbocycles. The third-order valence-electron chi connectivity index (χ3n) is 7.72. The normalized spacial score (nSPS) is 24.2. The molecule has 1 aromatic carbocycles. The van der Waals surface area contributed by atoms with Gasteiger partial charge < -0.3 is 9.64 Å². The molecule has 8 nitrogen and oxygen atoms in total. The first-order chi connectivity index (χ1) is 16.5. The van der Waals surface area contributed by atoms with E-state index < -0.39 is 6.04 Å². The number of hydrogen-bond donors (Lipinski definition) is 1. The van der Waals surface area contributed by atoms with Crippen molar-refractivity contribution < 1.29 is 19.1 Å². The molecule has 4 aliphatic rings. The van der Waals surface area contributed by atoms with Gasteiger partial charge in [0.15, 0.2) is 0 Å². The second kappa shape index (κ2) is 8.29. The maximum absolute atomic E-state index is 12.9. The van der Waals surface area contributed by atoms with Gasteiger partial charge in [-0.25, -0.2) is 0 Å². The first-order valence-electron chi connectivity index (χ1n) is 12.0. The Labute approximate surface area is 198 Å². The van der Waals surface area contributed by atoms with Gasteiger partial charge in [0.25, 0.3) is 5.91 Å². The minimum absolute atomic E-state index is 0.155. The first kappa shape index (κ1) is 21.4. The minimum Gasteiger partial charge on any atom is -0.381 e. The van der Waals surface area contributed by atoms with Crippen molar-refractivity contribution in [1.29, 1.82) is 0 Å². The predicted octanol–water partition coefficient (Wildman–Crippen LogP) is 2.12. The summed E-state index contributed by atoms with van der Waals surface area (Å²) in [6.45, 7) is 5.30. The Morgan fingerprint density at radius 1 is 1.09 bits per heavy atom. The number of benzene rings is 1. The Morgan fingerprint density at radius 3 is 2.71 bits per heavy atom. The number of fused-ring (bicyclic) bond motifs is 1. The van der Waals surface area contributed by atoms with Crippen molar-refractivity contribution in [3.8, 4) is 11.3 Å². The van der Waals surface area contributed by atoms with E-state index in [9.17, 15) is 14.4 Å². The fourth-order valence-electron chi connectivity index (χ4n) is 5.86. The van der Waals surface area contributed by atoms with Crippen molar-refractivity contribution in [1.82, 2.24) is 20.1 Å². The van der Waals surface area contributed by atoms with Crippen LogP contribution in [-0.4, -0.2) is 64.9 Å². The lowest BCUT2D eigenvalue weighted by atomic mass is 9.73. The zero-order chi connectivity index (χ0) is 23.3.